The summed E-state index contributed by atoms with van der Waals surface area (Å²) in [5.41, 5.74) is 2.69. The minimum absolute atomic E-state index is 0.555. The van der Waals surface area contributed by atoms with Gasteiger partial charge in [-0.05, 0) is 47.8 Å². The number of para-hydroxylation sites is 1. The monoisotopic (exact) mass is 305 g/mol. The van der Waals surface area contributed by atoms with E-state index in [0.717, 1.165) is 27.4 Å². The van der Waals surface area contributed by atoms with Gasteiger partial charge in [-0.3, -0.25) is 0 Å². The van der Waals surface area contributed by atoms with Gasteiger partial charge in [0, 0.05) is 9.86 Å². The molecule has 2 aromatic rings. The van der Waals surface area contributed by atoms with Crippen LogP contribution in [-0.2, 0) is 0 Å². The Labute approximate surface area is 115 Å². The predicted octanol–water partition coefficient (Wildman–Crippen LogP) is 4.39. The first-order valence-electron chi connectivity index (χ1n) is 5.95. The van der Waals surface area contributed by atoms with Gasteiger partial charge in [-0.15, -0.1) is 6.58 Å². The van der Waals surface area contributed by atoms with Crippen molar-refractivity contribution < 1.29 is 5.11 Å². The fraction of sp³-hybridized carbons (Fsp3) is 0.267. The van der Waals surface area contributed by atoms with E-state index >= 15 is 0 Å². The number of aliphatic hydroxyl groups is 1. The van der Waals surface area contributed by atoms with Crippen molar-refractivity contribution in [3.8, 4) is 0 Å². The lowest BCUT2D eigenvalue weighted by molar-refractivity contribution is 0.162. The largest absolute Gasteiger partial charge is 0.387 e. The van der Waals surface area contributed by atoms with Crippen LogP contribution in [0.5, 0.6) is 0 Å². The summed E-state index contributed by atoms with van der Waals surface area (Å²) in [7, 11) is 0. The summed E-state index contributed by atoms with van der Waals surface area (Å²) in [6.07, 6.45) is 0.905. The third-order valence-electron chi connectivity index (χ3n) is 2.86. The number of halogens is 1. The number of benzene rings is 1. The molecule has 0 amide bonds. The van der Waals surface area contributed by atoms with E-state index in [1.807, 2.05) is 37.3 Å². The Morgan fingerprint density at radius 1 is 1.44 bits per heavy atom. The molecule has 1 N–H and O–H groups in total. The second kappa shape index (κ2) is 5.63. The Hall–Kier alpha value is -1.19. The van der Waals surface area contributed by atoms with E-state index in [9.17, 15) is 5.11 Å². The zero-order valence-corrected chi connectivity index (χ0v) is 11.9. The molecule has 1 unspecified atom stereocenters. The van der Waals surface area contributed by atoms with Gasteiger partial charge < -0.3 is 5.11 Å². The standard InChI is InChI=1S/C15H16BrNO/c1-10(2)7-8-14(18)15-12(16)9-11-5-3-4-6-13(11)17-15/h3-6,9,14,18H,1,7-8H2,2H3. The molecule has 94 valence electrons. The highest BCUT2D eigenvalue weighted by Crippen LogP contribution is 2.28. The minimum atomic E-state index is -0.555. The SMILES string of the molecule is C=C(C)CCC(O)c1nc2ccccc2cc1Br. The number of hydrogen-bond acceptors (Lipinski definition) is 2. The van der Waals surface area contributed by atoms with Crippen LogP contribution in [0.15, 0.2) is 47.0 Å². The van der Waals surface area contributed by atoms with Gasteiger partial charge in [0.15, 0.2) is 0 Å². The second-order valence-corrected chi connectivity index (χ2v) is 5.41. The van der Waals surface area contributed by atoms with Gasteiger partial charge >= 0.3 is 0 Å². The summed E-state index contributed by atoms with van der Waals surface area (Å²) in [5, 5.41) is 11.2. The molecule has 0 saturated carbocycles. The van der Waals surface area contributed by atoms with Crippen molar-refractivity contribution in [2.45, 2.75) is 25.9 Å². The van der Waals surface area contributed by atoms with Crippen molar-refractivity contribution in [2.75, 3.05) is 0 Å². The molecule has 2 nitrogen and oxygen atoms in total. The van der Waals surface area contributed by atoms with Gasteiger partial charge in [0.1, 0.15) is 0 Å². The van der Waals surface area contributed by atoms with E-state index in [1.54, 1.807) is 0 Å². The van der Waals surface area contributed by atoms with Crippen molar-refractivity contribution in [3.05, 3.63) is 52.7 Å². The maximum atomic E-state index is 10.2. The van der Waals surface area contributed by atoms with E-state index in [0.29, 0.717) is 12.1 Å². The van der Waals surface area contributed by atoms with Gasteiger partial charge in [-0.25, -0.2) is 4.98 Å². The predicted molar refractivity (Wildman–Crippen MR) is 78.5 cm³/mol. The third-order valence-corrected chi connectivity index (χ3v) is 3.50. The van der Waals surface area contributed by atoms with Crippen LogP contribution in [0.2, 0.25) is 0 Å². The third kappa shape index (κ3) is 2.98. The molecule has 1 heterocycles. The van der Waals surface area contributed by atoms with Crippen LogP contribution in [-0.4, -0.2) is 10.1 Å². The first-order valence-corrected chi connectivity index (χ1v) is 6.75. The van der Waals surface area contributed by atoms with Crippen LogP contribution in [0.25, 0.3) is 10.9 Å². The summed E-state index contributed by atoms with van der Waals surface area (Å²) in [4.78, 5) is 4.53. The number of hydrogen-bond donors (Lipinski definition) is 1. The van der Waals surface area contributed by atoms with Gasteiger partial charge in [-0.2, -0.15) is 0 Å². The van der Waals surface area contributed by atoms with E-state index in [1.165, 1.54) is 0 Å². The molecule has 1 aromatic heterocycles. The van der Waals surface area contributed by atoms with Crippen LogP contribution in [0.1, 0.15) is 31.6 Å². The molecular formula is C15H16BrNO. The van der Waals surface area contributed by atoms with Crippen molar-refractivity contribution in [2.24, 2.45) is 0 Å². The molecular weight excluding hydrogens is 290 g/mol. The fourth-order valence-corrected chi connectivity index (χ4v) is 2.46. The second-order valence-electron chi connectivity index (χ2n) is 4.56. The quantitative estimate of drug-likeness (QED) is 0.850. The average Bonchev–Trinajstić information content (AvgIpc) is 2.35. The number of nitrogens with zero attached hydrogens (tertiary/aromatic N) is 1. The highest BCUT2D eigenvalue weighted by atomic mass is 79.9. The zero-order valence-electron chi connectivity index (χ0n) is 10.4. The fourth-order valence-electron chi connectivity index (χ4n) is 1.86. The maximum Gasteiger partial charge on any atom is 0.0974 e. The first kappa shape index (κ1) is 13.2. The van der Waals surface area contributed by atoms with Gasteiger partial charge in [0.25, 0.3) is 0 Å². The molecule has 0 aliphatic carbocycles. The molecule has 1 aromatic carbocycles. The Morgan fingerprint density at radius 2 is 2.17 bits per heavy atom. The molecule has 1 atom stereocenters. The normalized spacial score (nSPS) is 12.6. The number of allylic oxidation sites excluding steroid dienone is 1. The minimum Gasteiger partial charge on any atom is -0.387 e. The smallest absolute Gasteiger partial charge is 0.0974 e. The topological polar surface area (TPSA) is 33.1 Å². The van der Waals surface area contributed by atoms with Crippen molar-refractivity contribution in [3.63, 3.8) is 0 Å². The maximum absolute atomic E-state index is 10.2. The molecule has 0 saturated heterocycles. The molecule has 18 heavy (non-hydrogen) atoms. The van der Waals surface area contributed by atoms with Crippen LogP contribution in [0.4, 0.5) is 0 Å². The summed E-state index contributed by atoms with van der Waals surface area (Å²) in [5.74, 6) is 0. The number of pyridine rings is 1. The summed E-state index contributed by atoms with van der Waals surface area (Å²) in [6, 6.07) is 9.90. The molecule has 0 radical (unpaired) electrons. The van der Waals surface area contributed by atoms with Gasteiger partial charge in [0.2, 0.25) is 0 Å². The van der Waals surface area contributed by atoms with Gasteiger partial charge in [0.05, 0.1) is 17.3 Å². The van der Waals surface area contributed by atoms with Crippen LogP contribution in [0, 0.1) is 0 Å². The molecule has 0 aliphatic rings. The van der Waals surface area contributed by atoms with Gasteiger partial charge in [-0.1, -0.05) is 23.8 Å². The van der Waals surface area contributed by atoms with Crippen molar-refractivity contribution >= 4 is 26.8 Å². The summed E-state index contributed by atoms with van der Waals surface area (Å²) in [6.45, 7) is 5.82. The lowest BCUT2D eigenvalue weighted by atomic mass is 10.1. The summed E-state index contributed by atoms with van der Waals surface area (Å²) >= 11 is 3.48. The lowest BCUT2D eigenvalue weighted by Crippen LogP contribution is -2.02. The highest BCUT2D eigenvalue weighted by Gasteiger charge is 2.14. The Balaban J connectivity index is 2.32. The Morgan fingerprint density at radius 3 is 2.89 bits per heavy atom. The molecule has 0 fully saturated rings. The zero-order chi connectivity index (χ0) is 13.1. The lowest BCUT2D eigenvalue weighted by Gasteiger charge is -2.13. The highest BCUT2D eigenvalue weighted by molar-refractivity contribution is 9.10. The average molecular weight is 306 g/mol. The van der Waals surface area contributed by atoms with E-state index in [-0.39, 0.29) is 0 Å². The summed E-state index contributed by atoms with van der Waals surface area (Å²) < 4.78 is 0.857. The number of rotatable bonds is 4. The van der Waals surface area contributed by atoms with Crippen molar-refractivity contribution in [1.82, 2.24) is 4.98 Å². The Kier molecular flexibility index (Phi) is 4.15. The number of aromatic nitrogens is 1. The molecule has 3 heteroatoms. The van der Waals surface area contributed by atoms with E-state index in [2.05, 4.69) is 27.5 Å². The number of fused-ring (bicyclic) bond motifs is 1. The van der Waals surface area contributed by atoms with E-state index < -0.39 is 6.10 Å². The Bertz CT molecular complexity index is 580. The molecule has 0 spiro atoms. The first-order chi connectivity index (χ1) is 8.58. The van der Waals surface area contributed by atoms with Crippen molar-refractivity contribution in [1.29, 1.82) is 0 Å². The van der Waals surface area contributed by atoms with Crippen LogP contribution >= 0.6 is 15.9 Å². The molecule has 0 aliphatic heterocycles. The molecule has 0 bridgehead atoms. The molecule has 2 rings (SSSR count). The van der Waals surface area contributed by atoms with E-state index in [4.69, 9.17) is 0 Å². The van der Waals surface area contributed by atoms with Crippen LogP contribution < -0.4 is 0 Å². The van der Waals surface area contributed by atoms with Crippen LogP contribution in [0.3, 0.4) is 0 Å². The number of aliphatic hydroxyl groups excluding tert-OH is 1.